The smallest absolute Gasteiger partial charge is 0.0622 e. The zero-order chi connectivity index (χ0) is 10.6. The highest BCUT2D eigenvalue weighted by molar-refractivity contribution is 4.75. The molecule has 0 aromatic heterocycles. The summed E-state index contributed by atoms with van der Waals surface area (Å²) in [6.07, 6.45) is 5.44. The van der Waals surface area contributed by atoms with Gasteiger partial charge in [-0.15, -0.1) is 0 Å². The molecule has 2 heteroatoms. The fourth-order valence-electron chi connectivity index (χ4n) is 1.84. The maximum Gasteiger partial charge on any atom is 0.0622 e. The zero-order valence-electron chi connectivity index (χ0n) is 10.0. The molecule has 1 aliphatic rings. The first-order valence-corrected chi connectivity index (χ1v) is 5.72. The molecule has 0 radical (unpaired) electrons. The Bertz CT molecular complexity index is 162. The van der Waals surface area contributed by atoms with Crippen molar-refractivity contribution in [3.63, 3.8) is 0 Å². The van der Waals surface area contributed by atoms with Crippen LogP contribution in [0.5, 0.6) is 0 Å². The van der Waals surface area contributed by atoms with E-state index < -0.39 is 0 Å². The Hall–Kier alpha value is -0.0800. The molecule has 0 amide bonds. The summed E-state index contributed by atoms with van der Waals surface area (Å²) in [5.41, 5.74) is 0.0419. The van der Waals surface area contributed by atoms with E-state index in [2.05, 4.69) is 20.8 Å². The van der Waals surface area contributed by atoms with Crippen LogP contribution in [0.25, 0.3) is 0 Å². The molecule has 0 bridgehead atoms. The van der Waals surface area contributed by atoms with Gasteiger partial charge in [-0.25, -0.2) is 0 Å². The van der Waals surface area contributed by atoms with Crippen LogP contribution in [0.15, 0.2) is 0 Å². The third kappa shape index (κ3) is 3.58. The second-order valence-electron chi connectivity index (χ2n) is 5.03. The molecule has 0 aliphatic carbocycles. The number of methoxy groups -OCH3 is 1. The van der Waals surface area contributed by atoms with E-state index in [0.717, 1.165) is 18.9 Å². The van der Waals surface area contributed by atoms with E-state index in [1.807, 2.05) is 0 Å². The minimum absolute atomic E-state index is 0.0419. The molecule has 84 valence electrons. The summed E-state index contributed by atoms with van der Waals surface area (Å²) in [6.45, 7) is 7.57. The van der Waals surface area contributed by atoms with Crippen LogP contribution in [0.4, 0.5) is 0 Å². The SMILES string of the molecule is COC(C)(C)CCCC(C)C1CCO1. The molecule has 0 spiro atoms. The third-order valence-corrected chi connectivity index (χ3v) is 3.36. The Morgan fingerprint density at radius 3 is 2.57 bits per heavy atom. The molecule has 1 heterocycles. The highest BCUT2D eigenvalue weighted by Crippen LogP contribution is 2.26. The molecule has 14 heavy (non-hydrogen) atoms. The first-order valence-electron chi connectivity index (χ1n) is 5.72. The van der Waals surface area contributed by atoms with Crippen molar-refractivity contribution < 1.29 is 9.47 Å². The predicted molar refractivity (Wildman–Crippen MR) is 58.5 cm³/mol. The first-order chi connectivity index (χ1) is 6.55. The minimum Gasteiger partial charge on any atom is -0.379 e. The van der Waals surface area contributed by atoms with E-state index >= 15 is 0 Å². The van der Waals surface area contributed by atoms with Gasteiger partial charge in [-0.2, -0.15) is 0 Å². The minimum atomic E-state index is 0.0419. The van der Waals surface area contributed by atoms with Crippen LogP contribution in [0.3, 0.4) is 0 Å². The van der Waals surface area contributed by atoms with Gasteiger partial charge >= 0.3 is 0 Å². The van der Waals surface area contributed by atoms with E-state index in [4.69, 9.17) is 9.47 Å². The molecule has 0 aromatic rings. The Kier molecular flexibility index (Phi) is 4.39. The van der Waals surface area contributed by atoms with Crippen LogP contribution in [0, 0.1) is 5.92 Å². The van der Waals surface area contributed by atoms with Crippen LogP contribution in [-0.4, -0.2) is 25.4 Å². The molecular formula is C12H24O2. The van der Waals surface area contributed by atoms with E-state index in [0.29, 0.717) is 6.10 Å². The van der Waals surface area contributed by atoms with Crippen LogP contribution in [0.2, 0.25) is 0 Å². The zero-order valence-corrected chi connectivity index (χ0v) is 10.0. The Balaban J connectivity index is 2.08. The number of rotatable bonds is 6. The lowest BCUT2D eigenvalue weighted by molar-refractivity contribution is -0.0836. The summed E-state index contributed by atoms with van der Waals surface area (Å²) >= 11 is 0. The highest BCUT2D eigenvalue weighted by atomic mass is 16.5. The van der Waals surface area contributed by atoms with Gasteiger partial charge in [-0.1, -0.05) is 13.3 Å². The Labute approximate surface area is 88.0 Å². The maximum absolute atomic E-state index is 5.47. The molecule has 0 N–H and O–H groups in total. The monoisotopic (exact) mass is 200 g/mol. The topological polar surface area (TPSA) is 18.5 Å². The summed E-state index contributed by atoms with van der Waals surface area (Å²) < 4.78 is 10.9. The highest BCUT2D eigenvalue weighted by Gasteiger charge is 2.25. The first kappa shape index (κ1) is 12.0. The molecule has 0 saturated carbocycles. The molecule has 2 nitrogen and oxygen atoms in total. The molecule has 1 aliphatic heterocycles. The van der Waals surface area contributed by atoms with Crippen molar-refractivity contribution in [1.29, 1.82) is 0 Å². The lowest BCUT2D eigenvalue weighted by Crippen LogP contribution is -2.33. The normalized spacial score (nSPS) is 24.4. The van der Waals surface area contributed by atoms with Crippen LogP contribution >= 0.6 is 0 Å². The predicted octanol–water partition coefficient (Wildman–Crippen LogP) is 3.01. The lowest BCUT2D eigenvalue weighted by atomic mass is 9.91. The molecule has 2 unspecified atom stereocenters. The van der Waals surface area contributed by atoms with Crippen molar-refractivity contribution in [1.82, 2.24) is 0 Å². The maximum atomic E-state index is 5.47. The molecule has 1 rings (SSSR count). The largest absolute Gasteiger partial charge is 0.379 e. The quantitative estimate of drug-likeness (QED) is 0.656. The second-order valence-corrected chi connectivity index (χ2v) is 5.03. The Morgan fingerprint density at radius 2 is 2.14 bits per heavy atom. The van der Waals surface area contributed by atoms with E-state index in [1.54, 1.807) is 7.11 Å². The third-order valence-electron chi connectivity index (χ3n) is 3.36. The van der Waals surface area contributed by atoms with Crippen molar-refractivity contribution in [3.05, 3.63) is 0 Å². The average Bonchev–Trinajstić information content (AvgIpc) is 2.01. The molecule has 0 aromatic carbocycles. The summed E-state index contributed by atoms with van der Waals surface area (Å²) in [5, 5.41) is 0. The van der Waals surface area contributed by atoms with Gasteiger partial charge in [0.2, 0.25) is 0 Å². The lowest BCUT2D eigenvalue weighted by Gasteiger charge is -2.32. The molecular weight excluding hydrogens is 176 g/mol. The number of ether oxygens (including phenoxy) is 2. The standard InChI is InChI=1S/C12H24O2/c1-10(11-7-9-14-11)6-5-8-12(2,3)13-4/h10-11H,5-9H2,1-4H3. The van der Waals surface area contributed by atoms with Gasteiger partial charge in [0.15, 0.2) is 0 Å². The summed E-state index contributed by atoms with van der Waals surface area (Å²) in [4.78, 5) is 0. The Morgan fingerprint density at radius 1 is 1.50 bits per heavy atom. The van der Waals surface area contributed by atoms with E-state index in [-0.39, 0.29) is 5.60 Å². The van der Waals surface area contributed by atoms with E-state index in [9.17, 15) is 0 Å². The van der Waals surface area contributed by atoms with Gasteiger partial charge < -0.3 is 9.47 Å². The van der Waals surface area contributed by atoms with Crippen LogP contribution < -0.4 is 0 Å². The molecule has 1 fully saturated rings. The van der Waals surface area contributed by atoms with Crippen molar-refractivity contribution in [2.75, 3.05) is 13.7 Å². The number of hydrogen-bond donors (Lipinski definition) is 0. The second kappa shape index (κ2) is 5.13. The summed E-state index contributed by atoms with van der Waals surface area (Å²) in [5.74, 6) is 0.719. The van der Waals surface area contributed by atoms with Crippen molar-refractivity contribution in [2.45, 2.75) is 58.2 Å². The van der Waals surface area contributed by atoms with Crippen molar-refractivity contribution in [3.8, 4) is 0 Å². The van der Waals surface area contributed by atoms with Gasteiger partial charge in [0, 0.05) is 13.7 Å². The van der Waals surface area contributed by atoms with Gasteiger partial charge in [0.25, 0.3) is 0 Å². The van der Waals surface area contributed by atoms with Gasteiger partial charge in [0.05, 0.1) is 11.7 Å². The van der Waals surface area contributed by atoms with Crippen molar-refractivity contribution >= 4 is 0 Å². The van der Waals surface area contributed by atoms with E-state index in [1.165, 1.54) is 19.3 Å². The van der Waals surface area contributed by atoms with Gasteiger partial charge in [-0.05, 0) is 39.0 Å². The molecule has 2 atom stereocenters. The summed E-state index contributed by atoms with van der Waals surface area (Å²) in [7, 11) is 1.79. The van der Waals surface area contributed by atoms with Crippen LogP contribution in [-0.2, 0) is 9.47 Å². The van der Waals surface area contributed by atoms with Gasteiger partial charge in [0.1, 0.15) is 0 Å². The van der Waals surface area contributed by atoms with Gasteiger partial charge in [-0.3, -0.25) is 0 Å². The van der Waals surface area contributed by atoms with Crippen LogP contribution in [0.1, 0.15) is 46.5 Å². The fraction of sp³-hybridized carbons (Fsp3) is 1.00. The molecule has 1 saturated heterocycles. The number of hydrogen-bond acceptors (Lipinski definition) is 2. The average molecular weight is 200 g/mol. The summed E-state index contributed by atoms with van der Waals surface area (Å²) in [6, 6.07) is 0. The fourth-order valence-corrected chi connectivity index (χ4v) is 1.84. The van der Waals surface area contributed by atoms with Crippen molar-refractivity contribution in [2.24, 2.45) is 5.92 Å².